The van der Waals surface area contributed by atoms with Crippen molar-refractivity contribution >= 4 is 11.4 Å². The highest BCUT2D eigenvalue weighted by Crippen LogP contribution is 2.27. The van der Waals surface area contributed by atoms with E-state index < -0.39 is 0 Å². The summed E-state index contributed by atoms with van der Waals surface area (Å²) in [6.45, 7) is 0. The minimum Gasteiger partial charge on any atom is -0.508 e. The first-order valence-electron chi connectivity index (χ1n) is 7.74. The Morgan fingerprint density at radius 2 is 1.00 bits per heavy atom. The molecular weight excluding hydrogens is 300 g/mol. The smallest absolute Gasteiger partial charge is 0.115 e. The molecule has 0 fully saturated rings. The lowest BCUT2D eigenvalue weighted by Gasteiger charge is -2.13. The van der Waals surface area contributed by atoms with Crippen LogP contribution in [0.25, 0.3) is 0 Å². The summed E-state index contributed by atoms with van der Waals surface area (Å²) in [6, 6.07) is 17.9. The van der Waals surface area contributed by atoms with E-state index in [4.69, 9.17) is 11.5 Å². The van der Waals surface area contributed by atoms with Crippen LogP contribution in [0.3, 0.4) is 0 Å². The van der Waals surface area contributed by atoms with Crippen LogP contribution in [0.4, 0.5) is 11.4 Å². The van der Waals surface area contributed by atoms with Gasteiger partial charge in [0.05, 0.1) is 0 Å². The van der Waals surface area contributed by atoms with E-state index in [-0.39, 0.29) is 11.5 Å². The Labute approximate surface area is 141 Å². The first-order chi connectivity index (χ1) is 11.5. The Hall–Kier alpha value is -3.14. The molecule has 0 saturated carbocycles. The largest absolute Gasteiger partial charge is 0.508 e. The summed E-state index contributed by atoms with van der Waals surface area (Å²) >= 11 is 0. The molecule has 0 spiro atoms. The van der Waals surface area contributed by atoms with Gasteiger partial charge in [-0.1, -0.05) is 24.3 Å². The van der Waals surface area contributed by atoms with Crippen LogP contribution < -0.4 is 11.5 Å². The third kappa shape index (κ3) is 3.60. The molecule has 0 aliphatic rings. The summed E-state index contributed by atoms with van der Waals surface area (Å²) < 4.78 is 0. The molecule has 0 radical (unpaired) electrons. The standard InChI is InChI=1S/C20H20N2O2/c21-17-11-15(9-13-1-5-18(23)6-2-13)20(22)16(12-17)10-14-3-7-19(24)8-4-14/h1-8,11-12,23-24H,9-10,21-22H2. The maximum absolute atomic E-state index is 9.39. The molecule has 0 unspecified atom stereocenters. The van der Waals surface area contributed by atoms with Gasteiger partial charge in [-0.15, -0.1) is 0 Å². The van der Waals surface area contributed by atoms with Crippen molar-refractivity contribution in [1.29, 1.82) is 0 Å². The molecule has 0 aliphatic heterocycles. The predicted molar refractivity (Wildman–Crippen MR) is 97.1 cm³/mol. The number of aromatic hydroxyl groups is 2. The second-order valence-corrected chi connectivity index (χ2v) is 5.94. The van der Waals surface area contributed by atoms with Gasteiger partial charge in [-0.25, -0.2) is 0 Å². The number of phenolic OH excluding ortho intramolecular Hbond substituents is 2. The molecule has 3 aromatic rings. The lowest BCUT2D eigenvalue weighted by atomic mass is 9.96. The van der Waals surface area contributed by atoms with Crippen molar-refractivity contribution in [2.75, 3.05) is 11.5 Å². The Balaban J connectivity index is 1.89. The summed E-state index contributed by atoms with van der Waals surface area (Å²) in [5.74, 6) is 0.486. The highest BCUT2D eigenvalue weighted by atomic mass is 16.3. The number of hydrogen-bond donors (Lipinski definition) is 4. The monoisotopic (exact) mass is 320 g/mol. The van der Waals surface area contributed by atoms with Crippen LogP contribution in [-0.4, -0.2) is 10.2 Å². The van der Waals surface area contributed by atoms with Crippen LogP contribution in [0.5, 0.6) is 11.5 Å². The highest BCUT2D eigenvalue weighted by Gasteiger charge is 2.09. The van der Waals surface area contributed by atoms with Gasteiger partial charge in [0.15, 0.2) is 0 Å². The van der Waals surface area contributed by atoms with E-state index in [1.165, 1.54) is 0 Å². The molecule has 0 bridgehead atoms. The van der Waals surface area contributed by atoms with Gasteiger partial charge in [-0.2, -0.15) is 0 Å². The third-order valence-electron chi connectivity index (χ3n) is 4.04. The molecule has 122 valence electrons. The second kappa shape index (κ2) is 6.54. The average Bonchev–Trinajstić information content (AvgIpc) is 2.56. The fourth-order valence-corrected chi connectivity index (χ4v) is 2.77. The van der Waals surface area contributed by atoms with Gasteiger partial charge in [0.25, 0.3) is 0 Å². The van der Waals surface area contributed by atoms with E-state index in [9.17, 15) is 10.2 Å². The van der Waals surface area contributed by atoms with Crippen molar-refractivity contribution < 1.29 is 10.2 Å². The maximum Gasteiger partial charge on any atom is 0.115 e. The number of nitrogens with two attached hydrogens (primary N) is 2. The number of benzene rings is 3. The summed E-state index contributed by atoms with van der Waals surface area (Å²) in [5, 5.41) is 18.8. The van der Waals surface area contributed by atoms with Crippen LogP contribution in [0.2, 0.25) is 0 Å². The fraction of sp³-hybridized carbons (Fsp3) is 0.100. The van der Waals surface area contributed by atoms with Gasteiger partial charge in [0.1, 0.15) is 11.5 Å². The van der Waals surface area contributed by atoms with Crippen molar-refractivity contribution in [1.82, 2.24) is 0 Å². The summed E-state index contributed by atoms with van der Waals surface area (Å²) in [7, 11) is 0. The van der Waals surface area contributed by atoms with E-state index in [1.807, 2.05) is 36.4 Å². The van der Waals surface area contributed by atoms with E-state index in [2.05, 4.69) is 0 Å². The minimum atomic E-state index is 0.243. The lowest BCUT2D eigenvalue weighted by Crippen LogP contribution is -2.04. The minimum absolute atomic E-state index is 0.243. The molecular formula is C20H20N2O2. The topological polar surface area (TPSA) is 92.5 Å². The van der Waals surface area contributed by atoms with E-state index >= 15 is 0 Å². The zero-order valence-corrected chi connectivity index (χ0v) is 13.2. The Morgan fingerprint density at radius 3 is 1.38 bits per heavy atom. The normalized spacial score (nSPS) is 10.7. The second-order valence-electron chi connectivity index (χ2n) is 5.94. The van der Waals surface area contributed by atoms with Gasteiger partial charge in [-0.05, 0) is 71.5 Å². The van der Waals surface area contributed by atoms with Crippen LogP contribution in [-0.2, 0) is 12.8 Å². The number of anilines is 2. The molecule has 0 atom stereocenters. The van der Waals surface area contributed by atoms with Gasteiger partial charge in [0, 0.05) is 11.4 Å². The van der Waals surface area contributed by atoms with E-state index in [1.54, 1.807) is 24.3 Å². The lowest BCUT2D eigenvalue weighted by molar-refractivity contribution is 0.474. The van der Waals surface area contributed by atoms with E-state index in [0.717, 1.165) is 27.9 Å². The van der Waals surface area contributed by atoms with Crippen LogP contribution in [0.1, 0.15) is 22.3 Å². The molecule has 24 heavy (non-hydrogen) atoms. The van der Waals surface area contributed by atoms with Crippen molar-refractivity contribution in [3.8, 4) is 11.5 Å². The van der Waals surface area contributed by atoms with Crippen LogP contribution >= 0.6 is 0 Å². The molecule has 0 aliphatic carbocycles. The SMILES string of the molecule is Nc1cc(Cc2ccc(O)cc2)c(N)c(Cc2ccc(O)cc2)c1. The number of rotatable bonds is 4. The average molecular weight is 320 g/mol. The molecule has 0 heterocycles. The van der Waals surface area contributed by atoms with Gasteiger partial charge < -0.3 is 21.7 Å². The Bertz CT molecular complexity index is 772. The highest BCUT2D eigenvalue weighted by molar-refractivity contribution is 5.63. The number of hydrogen-bond acceptors (Lipinski definition) is 4. The van der Waals surface area contributed by atoms with Crippen molar-refractivity contribution in [2.24, 2.45) is 0 Å². The summed E-state index contributed by atoms with van der Waals surface area (Å²) in [5.41, 5.74) is 17.8. The first-order valence-corrected chi connectivity index (χ1v) is 7.74. The Kier molecular flexibility index (Phi) is 4.29. The molecule has 4 heteroatoms. The molecule has 4 nitrogen and oxygen atoms in total. The number of phenols is 2. The molecule has 0 aromatic heterocycles. The van der Waals surface area contributed by atoms with Crippen LogP contribution in [0, 0.1) is 0 Å². The van der Waals surface area contributed by atoms with Crippen molar-refractivity contribution in [2.45, 2.75) is 12.8 Å². The Morgan fingerprint density at radius 1 is 0.625 bits per heavy atom. The van der Waals surface area contributed by atoms with E-state index in [0.29, 0.717) is 18.5 Å². The fourth-order valence-electron chi connectivity index (χ4n) is 2.77. The first kappa shape index (κ1) is 15.7. The summed E-state index contributed by atoms with van der Waals surface area (Å²) in [6.07, 6.45) is 1.31. The van der Waals surface area contributed by atoms with Gasteiger partial charge in [-0.3, -0.25) is 0 Å². The van der Waals surface area contributed by atoms with Gasteiger partial charge in [0.2, 0.25) is 0 Å². The van der Waals surface area contributed by atoms with Crippen molar-refractivity contribution in [3.05, 3.63) is 82.9 Å². The van der Waals surface area contributed by atoms with Crippen LogP contribution in [0.15, 0.2) is 60.7 Å². The third-order valence-corrected chi connectivity index (χ3v) is 4.04. The predicted octanol–water partition coefficient (Wildman–Crippen LogP) is 3.44. The zero-order valence-electron chi connectivity index (χ0n) is 13.2. The zero-order chi connectivity index (χ0) is 17.1. The summed E-state index contributed by atoms with van der Waals surface area (Å²) in [4.78, 5) is 0. The molecule has 6 N–H and O–H groups in total. The number of nitrogen functional groups attached to an aromatic ring is 2. The van der Waals surface area contributed by atoms with Gasteiger partial charge >= 0.3 is 0 Å². The molecule has 0 amide bonds. The maximum atomic E-state index is 9.39. The van der Waals surface area contributed by atoms with Crippen molar-refractivity contribution in [3.63, 3.8) is 0 Å². The molecule has 3 aromatic carbocycles. The molecule has 0 saturated heterocycles. The quantitative estimate of drug-likeness (QED) is 0.554. The molecule has 3 rings (SSSR count).